The number of hydrogen-bond donors (Lipinski definition) is 2. The van der Waals surface area contributed by atoms with E-state index in [1.54, 1.807) is 6.07 Å². The van der Waals surface area contributed by atoms with Crippen LogP contribution in [0.5, 0.6) is 11.5 Å². The Morgan fingerprint density at radius 3 is 3.05 bits per heavy atom. The van der Waals surface area contributed by atoms with Crippen molar-refractivity contribution >= 4 is 0 Å². The highest BCUT2D eigenvalue weighted by molar-refractivity contribution is 5.45. The zero-order valence-electron chi connectivity index (χ0n) is 12.6. The Kier molecular flexibility index (Phi) is 5.68. The van der Waals surface area contributed by atoms with Gasteiger partial charge in [0.25, 0.3) is 0 Å². The van der Waals surface area contributed by atoms with Crippen LogP contribution in [0.15, 0.2) is 18.2 Å². The van der Waals surface area contributed by atoms with Gasteiger partial charge in [-0.25, -0.2) is 0 Å². The first-order valence-electron chi connectivity index (χ1n) is 7.53. The van der Waals surface area contributed by atoms with Crippen molar-refractivity contribution in [1.29, 1.82) is 0 Å². The Morgan fingerprint density at radius 1 is 1.45 bits per heavy atom. The van der Waals surface area contributed by atoms with Crippen LogP contribution in [0.1, 0.15) is 25.3 Å². The first-order chi connectivity index (χ1) is 9.70. The van der Waals surface area contributed by atoms with Crippen molar-refractivity contribution in [3.8, 4) is 11.5 Å². The first kappa shape index (κ1) is 15.1. The summed E-state index contributed by atoms with van der Waals surface area (Å²) in [6.07, 6.45) is 2.58. The number of nitrogens with one attached hydrogen (secondary N) is 1. The first-order valence-corrected chi connectivity index (χ1v) is 7.53. The van der Waals surface area contributed by atoms with Crippen molar-refractivity contribution in [1.82, 2.24) is 10.2 Å². The van der Waals surface area contributed by atoms with Crippen molar-refractivity contribution in [2.24, 2.45) is 5.92 Å². The smallest absolute Gasteiger partial charge is 0.162 e. The second-order valence-electron chi connectivity index (χ2n) is 5.60. The van der Waals surface area contributed by atoms with E-state index in [9.17, 15) is 5.11 Å². The summed E-state index contributed by atoms with van der Waals surface area (Å²) in [5, 5.41) is 13.6. The maximum absolute atomic E-state index is 10.1. The molecule has 0 saturated carbocycles. The summed E-state index contributed by atoms with van der Waals surface area (Å²) in [5.74, 6) is 1.55. The predicted octanol–water partition coefficient (Wildman–Crippen LogP) is 2.22. The number of likely N-dealkylation sites (tertiary alicyclic amines) is 1. The van der Waals surface area contributed by atoms with Gasteiger partial charge in [0.1, 0.15) is 0 Å². The van der Waals surface area contributed by atoms with E-state index in [0.29, 0.717) is 24.8 Å². The number of ether oxygens (including phenoxy) is 1. The molecule has 112 valence electrons. The van der Waals surface area contributed by atoms with Gasteiger partial charge in [-0.2, -0.15) is 0 Å². The van der Waals surface area contributed by atoms with Gasteiger partial charge in [-0.05, 0) is 51.9 Å². The van der Waals surface area contributed by atoms with E-state index in [1.807, 2.05) is 19.1 Å². The van der Waals surface area contributed by atoms with Crippen LogP contribution < -0.4 is 10.1 Å². The van der Waals surface area contributed by atoms with Gasteiger partial charge in [0, 0.05) is 18.7 Å². The molecule has 20 heavy (non-hydrogen) atoms. The third-order valence-corrected chi connectivity index (χ3v) is 3.85. The molecule has 4 heteroatoms. The van der Waals surface area contributed by atoms with Crippen LogP contribution in [0.2, 0.25) is 0 Å². The van der Waals surface area contributed by atoms with E-state index in [2.05, 4.69) is 17.3 Å². The van der Waals surface area contributed by atoms with Gasteiger partial charge in [0.05, 0.1) is 6.61 Å². The summed E-state index contributed by atoms with van der Waals surface area (Å²) >= 11 is 0. The van der Waals surface area contributed by atoms with E-state index >= 15 is 0 Å². The predicted molar refractivity (Wildman–Crippen MR) is 81.2 cm³/mol. The van der Waals surface area contributed by atoms with Gasteiger partial charge < -0.3 is 20.1 Å². The maximum Gasteiger partial charge on any atom is 0.162 e. The summed E-state index contributed by atoms with van der Waals surface area (Å²) in [5.41, 5.74) is 0.903. The molecule has 2 N–H and O–H groups in total. The van der Waals surface area contributed by atoms with Crippen molar-refractivity contribution in [2.75, 3.05) is 33.3 Å². The fourth-order valence-corrected chi connectivity index (χ4v) is 2.83. The van der Waals surface area contributed by atoms with Gasteiger partial charge in [-0.1, -0.05) is 12.1 Å². The molecule has 1 unspecified atom stereocenters. The number of phenolic OH excluding ortho intramolecular Hbond substituents is 1. The average molecular weight is 278 g/mol. The number of para-hydroxylation sites is 1. The lowest BCUT2D eigenvalue weighted by Crippen LogP contribution is -2.37. The Morgan fingerprint density at radius 2 is 2.30 bits per heavy atom. The molecular weight excluding hydrogens is 252 g/mol. The van der Waals surface area contributed by atoms with Crippen molar-refractivity contribution in [2.45, 2.75) is 26.3 Å². The molecule has 1 aromatic rings. The molecule has 1 aliphatic heterocycles. The molecule has 0 aliphatic carbocycles. The second-order valence-corrected chi connectivity index (χ2v) is 5.60. The van der Waals surface area contributed by atoms with Gasteiger partial charge in [0.15, 0.2) is 11.5 Å². The highest BCUT2D eigenvalue weighted by Crippen LogP contribution is 2.29. The van der Waals surface area contributed by atoms with Crippen LogP contribution >= 0.6 is 0 Å². The number of aromatic hydroxyl groups is 1. The van der Waals surface area contributed by atoms with Crippen LogP contribution in [0, 0.1) is 5.92 Å². The fourth-order valence-electron chi connectivity index (χ4n) is 2.83. The Bertz CT molecular complexity index is 423. The molecule has 0 radical (unpaired) electrons. The molecule has 1 heterocycles. The Balaban J connectivity index is 1.83. The van der Waals surface area contributed by atoms with E-state index in [0.717, 1.165) is 18.7 Å². The third kappa shape index (κ3) is 4.12. The number of piperidine rings is 1. The maximum atomic E-state index is 10.1. The van der Waals surface area contributed by atoms with Gasteiger partial charge in [-0.3, -0.25) is 0 Å². The van der Waals surface area contributed by atoms with Gasteiger partial charge in [-0.15, -0.1) is 0 Å². The Hall–Kier alpha value is -1.26. The Labute approximate surface area is 121 Å². The molecule has 0 amide bonds. The molecule has 0 bridgehead atoms. The van der Waals surface area contributed by atoms with Crippen LogP contribution in [0.4, 0.5) is 0 Å². The standard InChI is InChI=1S/C16H26N2O2/c1-3-20-15-8-4-7-14(16(15)19)11-17-10-13-6-5-9-18(2)12-13/h4,7-8,13,17,19H,3,5-6,9-12H2,1-2H3. The van der Waals surface area contributed by atoms with E-state index < -0.39 is 0 Å². The lowest BCUT2D eigenvalue weighted by Gasteiger charge is -2.29. The molecule has 1 fully saturated rings. The number of rotatable bonds is 6. The topological polar surface area (TPSA) is 44.7 Å². The number of benzene rings is 1. The molecular formula is C16H26N2O2. The number of hydrogen-bond acceptors (Lipinski definition) is 4. The zero-order chi connectivity index (χ0) is 14.4. The summed E-state index contributed by atoms with van der Waals surface area (Å²) < 4.78 is 5.40. The zero-order valence-corrected chi connectivity index (χ0v) is 12.6. The average Bonchev–Trinajstić information content (AvgIpc) is 2.43. The van der Waals surface area contributed by atoms with Crippen LogP contribution in [0.3, 0.4) is 0 Å². The monoisotopic (exact) mass is 278 g/mol. The van der Waals surface area contributed by atoms with Gasteiger partial charge >= 0.3 is 0 Å². The highest BCUT2D eigenvalue weighted by atomic mass is 16.5. The van der Waals surface area contributed by atoms with Crippen LogP contribution in [-0.4, -0.2) is 43.3 Å². The minimum absolute atomic E-state index is 0.266. The number of nitrogens with zero attached hydrogens (tertiary/aromatic N) is 1. The third-order valence-electron chi connectivity index (χ3n) is 3.85. The normalized spacial score (nSPS) is 20.0. The molecule has 1 atom stereocenters. The molecule has 2 rings (SSSR count). The van der Waals surface area contributed by atoms with Crippen molar-refractivity contribution < 1.29 is 9.84 Å². The minimum atomic E-state index is 0.266. The lowest BCUT2D eigenvalue weighted by molar-refractivity contribution is 0.206. The quantitative estimate of drug-likeness (QED) is 0.837. The van der Waals surface area contributed by atoms with Crippen molar-refractivity contribution in [3.63, 3.8) is 0 Å². The number of phenols is 1. The largest absolute Gasteiger partial charge is 0.504 e. The van der Waals surface area contributed by atoms with E-state index in [-0.39, 0.29) is 5.75 Å². The summed E-state index contributed by atoms with van der Waals surface area (Å²) in [7, 11) is 2.18. The highest BCUT2D eigenvalue weighted by Gasteiger charge is 2.16. The second kappa shape index (κ2) is 7.50. The molecule has 0 aromatic heterocycles. The fraction of sp³-hybridized carbons (Fsp3) is 0.625. The summed E-state index contributed by atoms with van der Waals surface area (Å²) in [4.78, 5) is 2.39. The summed E-state index contributed by atoms with van der Waals surface area (Å²) in [6, 6.07) is 5.67. The van der Waals surface area contributed by atoms with Crippen LogP contribution in [-0.2, 0) is 6.54 Å². The SMILES string of the molecule is CCOc1cccc(CNCC2CCCN(C)C2)c1O. The summed E-state index contributed by atoms with van der Waals surface area (Å²) in [6.45, 7) is 6.56. The van der Waals surface area contributed by atoms with E-state index in [4.69, 9.17) is 4.74 Å². The molecule has 4 nitrogen and oxygen atoms in total. The molecule has 1 aromatic carbocycles. The van der Waals surface area contributed by atoms with Gasteiger partial charge in [0.2, 0.25) is 0 Å². The lowest BCUT2D eigenvalue weighted by atomic mass is 9.98. The molecule has 0 spiro atoms. The van der Waals surface area contributed by atoms with E-state index in [1.165, 1.54) is 19.4 Å². The molecule has 1 aliphatic rings. The van der Waals surface area contributed by atoms with Crippen molar-refractivity contribution in [3.05, 3.63) is 23.8 Å². The minimum Gasteiger partial charge on any atom is -0.504 e. The van der Waals surface area contributed by atoms with Crippen LogP contribution in [0.25, 0.3) is 0 Å². The molecule has 1 saturated heterocycles.